The van der Waals surface area contributed by atoms with Gasteiger partial charge in [0.1, 0.15) is 50.0 Å². The van der Waals surface area contributed by atoms with Crippen LogP contribution in [-0.2, 0) is 30.4 Å². The normalized spacial score (nSPS) is 31.9. The van der Waals surface area contributed by atoms with Gasteiger partial charge >= 0.3 is 0 Å². The zero-order chi connectivity index (χ0) is 32.4. The number of hydrogen-bond acceptors (Lipinski definition) is 11. The van der Waals surface area contributed by atoms with E-state index in [0.717, 1.165) is 0 Å². The molecule has 2 saturated heterocycles. The molecule has 15 heteroatoms. The summed E-state index contributed by atoms with van der Waals surface area (Å²) in [5, 5.41) is 49.3. The summed E-state index contributed by atoms with van der Waals surface area (Å²) in [7, 11) is 0. The van der Waals surface area contributed by atoms with Crippen LogP contribution in [0.25, 0.3) is 6.08 Å². The van der Waals surface area contributed by atoms with Crippen molar-refractivity contribution < 1.29 is 53.4 Å². The summed E-state index contributed by atoms with van der Waals surface area (Å²) in [6.45, 7) is 3.05. The van der Waals surface area contributed by atoms with Crippen LogP contribution in [-0.4, -0.2) is 94.0 Å². The summed E-state index contributed by atoms with van der Waals surface area (Å²) < 4.78 is 36.6. The molecule has 5 rings (SSSR count). The number of oxime groups is 1. The Morgan fingerprint density at radius 1 is 1.09 bits per heavy atom. The van der Waals surface area contributed by atoms with E-state index in [1.807, 2.05) is 0 Å². The van der Waals surface area contributed by atoms with Crippen molar-refractivity contribution in [3.05, 3.63) is 63.1 Å². The smallest absolute Gasteiger partial charge is 0.247 e. The minimum absolute atomic E-state index is 0.0388. The van der Waals surface area contributed by atoms with Crippen molar-refractivity contribution in [3.8, 4) is 11.5 Å². The van der Waals surface area contributed by atoms with E-state index in [4.69, 9.17) is 47.0 Å². The molecule has 0 aromatic heterocycles. The maximum absolute atomic E-state index is 14.8. The van der Waals surface area contributed by atoms with Crippen LogP contribution in [0, 0.1) is 0 Å². The fourth-order valence-electron chi connectivity index (χ4n) is 5.28. The summed E-state index contributed by atoms with van der Waals surface area (Å²) in [5.74, 6) is -0.998. The third kappa shape index (κ3) is 7.53. The van der Waals surface area contributed by atoms with Crippen molar-refractivity contribution in [1.29, 1.82) is 0 Å². The highest BCUT2D eigenvalue weighted by Crippen LogP contribution is 2.34. The molecule has 2 aliphatic heterocycles. The van der Waals surface area contributed by atoms with E-state index in [2.05, 4.69) is 10.5 Å². The molecule has 12 nitrogen and oxygen atoms in total. The van der Waals surface area contributed by atoms with Crippen LogP contribution in [0.5, 0.6) is 11.5 Å². The number of nitrogens with one attached hydrogen (secondary N) is 1. The fourth-order valence-corrected chi connectivity index (χ4v) is 5.74. The molecule has 0 bridgehead atoms. The average Bonchev–Trinajstić information content (AvgIpc) is 3.64. The van der Waals surface area contributed by atoms with Crippen molar-refractivity contribution in [3.63, 3.8) is 0 Å². The molecule has 1 saturated carbocycles. The Morgan fingerprint density at radius 3 is 2.53 bits per heavy atom. The molecule has 2 heterocycles. The molecular weight excluding hydrogens is 638 g/mol. The van der Waals surface area contributed by atoms with Crippen LogP contribution in [0.3, 0.4) is 0 Å². The third-order valence-corrected chi connectivity index (χ3v) is 8.40. The lowest BCUT2D eigenvalue weighted by Gasteiger charge is -2.41. The summed E-state index contributed by atoms with van der Waals surface area (Å²) >= 11 is 12.0. The van der Waals surface area contributed by atoms with E-state index in [0.29, 0.717) is 26.9 Å². The number of fused-ring (bicyclic) bond motifs is 1. The average molecular weight is 672 g/mol. The number of halogens is 3. The number of aliphatic hydroxyl groups is 3. The number of ether oxygens (including phenoxy) is 4. The number of amides is 1. The Bertz CT molecular complexity index is 1460. The first-order valence-corrected chi connectivity index (χ1v) is 14.8. The van der Waals surface area contributed by atoms with Crippen molar-refractivity contribution in [2.45, 2.75) is 82.0 Å². The van der Waals surface area contributed by atoms with Crippen molar-refractivity contribution in [2.75, 3.05) is 6.79 Å². The van der Waals surface area contributed by atoms with E-state index in [1.54, 1.807) is 25.1 Å². The molecule has 1 aliphatic carbocycles. The van der Waals surface area contributed by atoms with Crippen molar-refractivity contribution in [2.24, 2.45) is 5.16 Å². The van der Waals surface area contributed by atoms with Gasteiger partial charge in [0, 0.05) is 27.6 Å². The first kappa shape index (κ1) is 33.4. The van der Waals surface area contributed by atoms with Gasteiger partial charge in [-0.25, -0.2) is 4.39 Å². The van der Waals surface area contributed by atoms with Gasteiger partial charge in [-0.1, -0.05) is 40.5 Å². The van der Waals surface area contributed by atoms with E-state index >= 15 is 0 Å². The number of aliphatic hydroxyl groups excluding tert-OH is 3. The molecular formula is C30H33Cl2FN2O10. The number of benzene rings is 2. The Hall–Kier alpha value is -3.01. The second kappa shape index (κ2) is 14.2. The number of hydrogen-bond donors (Lipinski definition) is 5. The summed E-state index contributed by atoms with van der Waals surface area (Å²) in [6.07, 6.45) is -8.14. The first-order valence-electron chi connectivity index (χ1n) is 14.1. The van der Waals surface area contributed by atoms with Crippen LogP contribution in [0.4, 0.5) is 4.39 Å². The quantitative estimate of drug-likeness (QED) is 0.152. The second-order valence-corrected chi connectivity index (χ2v) is 11.9. The van der Waals surface area contributed by atoms with Crippen LogP contribution >= 0.6 is 23.2 Å². The second-order valence-electron chi connectivity index (χ2n) is 11.0. The molecule has 3 aliphatic rings. The molecule has 2 aromatic rings. The molecule has 244 valence electrons. The zero-order valence-corrected chi connectivity index (χ0v) is 25.7. The van der Waals surface area contributed by atoms with Crippen LogP contribution in [0.15, 0.2) is 47.1 Å². The lowest BCUT2D eigenvalue weighted by molar-refractivity contribution is -0.155. The number of carbonyl (C=O) groups is 1. The van der Waals surface area contributed by atoms with Gasteiger partial charge in [-0.05, 0) is 49.8 Å². The molecule has 45 heavy (non-hydrogen) atoms. The Balaban J connectivity index is 1.16. The number of alkyl halides is 1. The maximum Gasteiger partial charge on any atom is 0.247 e. The van der Waals surface area contributed by atoms with Gasteiger partial charge < -0.3 is 49.5 Å². The SMILES string of the molecule is CC(=Cc1ccc(O[C@@H]2O[C@H](C(C)=NOCc3ccc(Cl)cc3Cl)C[C@@H]2F)c(O)c1)C(=O)N[C@@H]1[C@H](O)[C@@H](O)[C@H]2OCO[C@H]2[C@@H]1O. The van der Waals surface area contributed by atoms with Gasteiger partial charge in [-0.3, -0.25) is 4.79 Å². The standard InChI is InChI=1S/C30H33Cl2FN2O10/c1-13(29(40)34-23-24(37)26(39)28-27(25(23)38)41-12-42-28)7-15-3-6-21(20(36)8-15)44-30-19(33)10-22(45-30)14(2)35-43-11-16-4-5-17(31)9-18(16)32/h3-9,19,22-28,30,36-39H,10-12H2,1-2H3,(H,34,40)/t19-,22-,23+,24-,25+,26+,27-,28+,30+/m0/s1. The van der Waals surface area contributed by atoms with E-state index < -0.39 is 61.0 Å². The first-order chi connectivity index (χ1) is 21.4. The maximum atomic E-state index is 14.8. The largest absolute Gasteiger partial charge is 0.504 e. The van der Waals surface area contributed by atoms with Crippen LogP contribution in [0.1, 0.15) is 31.4 Å². The van der Waals surface area contributed by atoms with Gasteiger partial charge in [0.15, 0.2) is 17.7 Å². The number of phenols is 1. The van der Waals surface area contributed by atoms with Gasteiger partial charge in [0.2, 0.25) is 12.2 Å². The molecule has 0 radical (unpaired) electrons. The minimum Gasteiger partial charge on any atom is -0.504 e. The number of phenolic OH excluding ortho intramolecular Hbond substituents is 1. The summed E-state index contributed by atoms with van der Waals surface area (Å²) in [5.41, 5.74) is 1.64. The van der Waals surface area contributed by atoms with E-state index in [1.165, 1.54) is 31.2 Å². The molecule has 2 aromatic carbocycles. The highest BCUT2D eigenvalue weighted by atomic mass is 35.5. The number of carbonyl (C=O) groups excluding carboxylic acids is 1. The molecule has 5 N–H and O–H groups in total. The minimum atomic E-state index is -1.52. The summed E-state index contributed by atoms with van der Waals surface area (Å²) in [6, 6.07) is 8.01. The van der Waals surface area contributed by atoms with Gasteiger partial charge in [0.25, 0.3) is 0 Å². The van der Waals surface area contributed by atoms with Crippen molar-refractivity contribution in [1.82, 2.24) is 5.32 Å². The van der Waals surface area contributed by atoms with E-state index in [-0.39, 0.29) is 36.9 Å². The molecule has 3 fully saturated rings. The van der Waals surface area contributed by atoms with Gasteiger partial charge in [-0.15, -0.1) is 0 Å². The topological polar surface area (TPSA) is 169 Å². The van der Waals surface area contributed by atoms with Crippen LogP contribution < -0.4 is 10.1 Å². The monoisotopic (exact) mass is 670 g/mol. The summed E-state index contributed by atoms with van der Waals surface area (Å²) in [4.78, 5) is 18.2. The predicted molar refractivity (Wildman–Crippen MR) is 159 cm³/mol. The highest BCUT2D eigenvalue weighted by Gasteiger charge is 2.53. The molecule has 9 atom stereocenters. The Kier molecular flexibility index (Phi) is 10.5. The molecule has 0 spiro atoms. The van der Waals surface area contributed by atoms with Gasteiger partial charge in [0.05, 0.1) is 11.8 Å². The molecule has 1 amide bonds. The van der Waals surface area contributed by atoms with Gasteiger partial charge in [-0.2, -0.15) is 0 Å². The fraction of sp³-hybridized carbons (Fsp3) is 0.467. The third-order valence-electron chi connectivity index (χ3n) is 7.81. The Morgan fingerprint density at radius 2 is 1.82 bits per heavy atom. The number of aromatic hydroxyl groups is 1. The zero-order valence-electron chi connectivity index (χ0n) is 24.2. The van der Waals surface area contributed by atoms with Crippen molar-refractivity contribution >= 4 is 40.9 Å². The van der Waals surface area contributed by atoms with E-state index in [9.17, 15) is 29.6 Å². The lowest BCUT2D eigenvalue weighted by Crippen LogP contribution is -2.67. The number of rotatable bonds is 9. The number of nitrogens with zero attached hydrogens (tertiary/aromatic N) is 1. The highest BCUT2D eigenvalue weighted by molar-refractivity contribution is 6.35. The predicted octanol–water partition coefficient (Wildman–Crippen LogP) is 2.85. The lowest BCUT2D eigenvalue weighted by atomic mass is 9.83. The van der Waals surface area contributed by atoms with Crippen LogP contribution in [0.2, 0.25) is 10.0 Å². The molecule has 0 unspecified atom stereocenters. The Labute approximate surface area is 267 Å².